The second-order valence-electron chi connectivity index (χ2n) is 4.21. The lowest BCUT2D eigenvalue weighted by Gasteiger charge is -2.22. The summed E-state index contributed by atoms with van der Waals surface area (Å²) in [4.78, 5) is 3.94. The van der Waals surface area contributed by atoms with E-state index < -0.39 is 0 Å². The molecule has 0 aromatic carbocycles. The molecule has 0 radical (unpaired) electrons. The van der Waals surface area contributed by atoms with Crippen molar-refractivity contribution >= 4 is 21.7 Å². The van der Waals surface area contributed by atoms with Gasteiger partial charge >= 0.3 is 0 Å². The highest BCUT2D eigenvalue weighted by molar-refractivity contribution is 9.10. The molecule has 84 valence electrons. The van der Waals surface area contributed by atoms with E-state index in [4.69, 9.17) is 5.73 Å². The molecule has 1 rings (SSSR count). The minimum absolute atomic E-state index is 0.0683. The number of hydrogen-bond donors (Lipinski definition) is 2. The number of halogens is 2. The highest BCUT2D eigenvalue weighted by Gasteiger charge is 2.16. The Labute approximate surface area is 97.4 Å². The fourth-order valence-corrected chi connectivity index (χ4v) is 1.24. The van der Waals surface area contributed by atoms with Crippen LogP contribution in [0.25, 0.3) is 0 Å². The second kappa shape index (κ2) is 4.90. The summed E-state index contributed by atoms with van der Waals surface area (Å²) in [5.41, 5.74) is 5.50. The molecule has 0 saturated heterocycles. The average Bonchev–Trinajstić information content (AvgIpc) is 2.16. The van der Waals surface area contributed by atoms with Gasteiger partial charge < -0.3 is 11.1 Å². The van der Waals surface area contributed by atoms with Crippen molar-refractivity contribution in [2.75, 3.05) is 18.4 Å². The number of rotatable bonds is 4. The summed E-state index contributed by atoms with van der Waals surface area (Å²) in [6.45, 7) is 5.15. The van der Waals surface area contributed by atoms with Crippen molar-refractivity contribution in [3.05, 3.63) is 22.6 Å². The molecule has 0 fully saturated rings. The van der Waals surface area contributed by atoms with Gasteiger partial charge in [-0.2, -0.15) is 0 Å². The molecule has 3 nitrogen and oxygen atoms in total. The van der Waals surface area contributed by atoms with E-state index in [1.54, 1.807) is 6.20 Å². The maximum absolute atomic E-state index is 13.3. The van der Waals surface area contributed by atoms with Gasteiger partial charge in [0.15, 0.2) is 11.6 Å². The van der Waals surface area contributed by atoms with E-state index in [1.807, 2.05) is 13.8 Å². The van der Waals surface area contributed by atoms with Crippen LogP contribution in [0.5, 0.6) is 0 Å². The Morgan fingerprint density at radius 2 is 2.27 bits per heavy atom. The molecule has 0 aliphatic carbocycles. The number of anilines is 1. The SMILES string of the molecule is CC(C)(CN)CNc1ncc(Br)cc1F. The fourth-order valence-electron chi connectivity index (χ4n) is 0.940. The van der Waals surface area contributed by atoms with E-state index in [2.05, 4.69) is 26.2 Å². The Kier molecular flexibility index (Phi) is 4.04. The Bertz CT molecular complexity index is 341. The van der Waals surface area contributed by atoms with Crippen LogP contribution in [0.2, 0.25) is 0 Å². The number of aromatic nitrogens is 1. The summed E-state index contributed by atoms with van der Waals surface area (Å²) in [6, 6.07) is 1.38. The van der Waals surface area contributed by atoms with Crippen LogP contribution >= 0.6 is 15.9 Å². The molecule has 3 N–H and O–H groups in total. The van der Waals surface area contributed by atoms with Crippen LogP contribution in [0.1, 0.15) is 13.8 Å². The average molecular weight is 276 g/mol. The van der Waals surface area contributed by atoms with Crippen molar-refractivity contribution in [1.29, 1.82) is 0 Å². The summed E-state index contributed by atoms with van der Waals surface area (Å²) < 4.78 is 14.0. The molecular formula is C10H15BrFN3. The second-order valence-corrected chi connectivity index (χ2v) is 5.12. The van der Waals surface area contributed by atoms with Gasteiger partial charge in [0.05, 0.1) is 0 Å². The maximum atomic E-state index is 13.3. The monoisotopic (exact) mass is 275 g/mol. The van der Waals surface area contributed by atoms with Crippen molar-refractivity contribution in [3.8, 4) is 0 Å². The topological polar surface area (TPSA) is 50.9 Å². The molecule has 0 spiro atoms. The molecule has 0 aliphatic heterocycles. The van der Waals surface area contributed by atoms with Gasteiger partial charge in [0.25, 0.3) is 0 Å². The van der Waals surface area contributed by atoms with Gasteiger partial charge in [-0.25, -0.2) is 9.37 Å². The van der Waals surface area contributed by atoms with E-state index in [0.717, 1.165) is 0 Å². The quantitative estimate of drug-likeness (QED) is 0.887. The van der Waals surface area contributed by atoms with Crippen LogP contribution < -0.4 is 11.1 Å². The zero-order valence-corrected chi connectivity index (χ0v) is 10.4. The van der Waals surface area contributed by atoms with Crippen molar-refractivity contribution in [3.63, 3.8) is 0 Å². The lowest BCUT2D eigenvalue weighted by molar-refractivity contribution is 0.404. The minimum Gasteiger partial charge on any atom is -0.367 e. The van der Waals surface area contributed by atoms with E-state index >= 15 is 0 Å². The van der Waals surface area contributed by atoms with Gasteiger partial charge in [-0.15, -0.1) is 0 Å². The van der Waals surface area contributed by atoms with E-state index in [9.17, 15) is 4.39 Å². The highest BCUT2D eigenvalue weighted by Crippen LogP contribution is 2.18. The van der Waals surface area contributed by atoms with Gasteiger partial charge in [0.1, 0.15) is 0 Å². The molecule has 0 saturated carbocycles. The van der Waals surface area contributed by atoms with Crippen LogP contribution in [-0.2, 0) is 0 Å². The Balaban J connectivity index is 2.66. The number of nitrogens with zero attached hydrogens (tertiary/aromatic N) is 1. The standard InChI is InChI=1S/C10H15BrFN3/c1-10(2,5-13)6-15-9-8(12)3-7(11)4-14-9/h3-4H,5-6,13H2,1-2H3,(H,14,15). The van der Waals surface area contributed by atoms with Crippen LogP contribution in [0.4, 0.5) is 10.2 Å². The smallest absolute Gasteiger partial charge is 0.166 e. The maximum Gasteiger partial charge on any atom is 0.166 e. The summed E-state index contributed by atoms with van der Waals surface area (Å²) in [7, 11) is 0. The molecular weight excluding hydrogens is 261 g/mol. The third kappa shape index (κ3) is 3.76. The Hall–Kier alpha value is -0.680. The summed E-state index contributed by atoms with van der Waals surface area (Å²) in [5, 5.41) is 2.94. The molecule has 1 heterocycles. The van der Waals surface area contributed by atoms with Crippen molar-refractivity contribution in [2.45, 2.75) is 13.8 Å². The first-order valence-corrected chi connectivity index (χ1v) is 5.49. The lowest BCUT2D eigenvalue weighted by atomic mass is 9.94. The number of nitrogens with two attached hydrogens (primary N) is 1. The number of nitrogens with one attached hydrogen (secondary N) is 1. The van der Waals surface area contributed by atoms with Gasteiger partial charge in [-0.3, -0.25) is 0 Å². The van der Waals surface area contributed by atoms with E-state index in [1.165, 1.54) is 6.07 Å². The predicted octanol–water partition coefficient (Wildman–Crippen LogP) is 2.38. The first-order valence-electron chi connectivity index (χ1n) is 4.69. The normalized spacial score (nSPS) is 11.5. The molecule has 0 aliphatic rings. The molecule has 0 atom stereocenters. The minimum atomic E-state index is -0.364. The fraction of sp³-hybridized carbons (Fsp3) is 0.500. The first kappa shape index (κ1) is 12.4. The molecule has 15 heavy (non-hydrogen) atoms. The molecule has 0 bridgehead atoms. The summed E-state index contributed by atoms with van der Waals surface area (Å²) in [6.07, 6.45) is 1.56. The van der Waals surface area contributed by atoms with Gasteiger partial charge in [-0.05, 0) is 34.0 Å². The van der Waals surface area contributed by atoms with E-state index in [-0.39, 0.29) is 17.1 Å². The van der Waals surface area contributed by atoms with Crippen LogP contribution in [0.15, 0.2) is 16.7 Å². The molecule has 0 amide bonds. The highest BCUT2D eigenvalue weighted by atomic mass is 79.9. The van der Waals surface area contributed by atoms with Gasteiger partial charge in [-0.1, -0.05) is 13.8 Å². The van der Waals surface area contributed by atoms with Gasteiger partial charge in [0.2, 0.25) is 0 Å². The van der Waals surface area contributed by atoms with Gasteiger partial charge in [0, 0.05) is 17.2 Å². The number of hydrogen-bond acceptors (Lipinski definition) is 3. The summed E-state index contributed by atoms with van der Waals surface area (Å²) in [5.74, 6) is -0.100. The predicted molar refractivity (Wildman–Crippen MR) is 63.2 cm³/mol. The molecule has 1 aromatic rings. The Morgan fingerprint density at radius 3 is 2.80 bits per heavy atom. The number of pyridine rings is 1. The van der Waals surface area contributed by atoms with Crippen LogP contribution in [0.3, 0.4) is 0 Å². The third-order valence-electron chi connectivity index (χ3n) is 2.09. The molecule has 0 unspecified atom stereocenters. The third-order valence-corrected chi connectivity index (χ3v) is 2.53. The summed E-state index contributed by atoms with van der Waals surface area (Å²) >= 11 is 3.15. The van der Waals surface area contributed by atoms with Crippen molar-refractivity contribution in [1.82, 2.24) is 4.98 Å². The Morgan fingerprint density at radius 1 is 1.60 bits per heavy atom. The zero-order valence-electron chi connectivity index (χ0n) is 8.85. The molecule has 5 heteroatoms. The zero-order chi connectivity index (χ0) is 11.5. The van der Waals surface area contributed by atoms with Crippen LogP contribution in [-0.4, -0.2) is 18.1 Å². The van der Waals surface area contributed by atoms with Crippen LogP contribution in [0, 0.1) is 11.2 Å². The first-order chi connectivity index (χ1) is 6.94. The van der Waals surface area contributed by atoms with Crippen molar-refractivity contribution in [2.24, 2.45) is 11.1 Å². The largest absolute Gasteiger partial charge is 0.367 e. The van der Waals surface area contributed by atoms with E-state index in [0.29, 0.717) is 17.6 Å². The molecule has 1 aromatic heterocycles. The lowest BCUT2D eigenvalue weighted by Crippen LogP contribution is -2.31. The van der Waals surface area contributed by atoms with Crippen molar-refractivity contribution < 1.29 is 4.39 Å².